The first-order valence-electron chi connectivity index (χ1n) is 5.03. The lowest BCUT2D eigenvalue weighted by Crippen LogP contribution is -2.22. The molecule has 2 rings (SSSR count). The van der Waals surface area contributed by atoms with Crippen LogP contribution in [0.4, 0.5) is 0 Å². The molecule has 0 spiro atoms. The molecule has 80 valence electrons. The number of hydrogen-bond donors (Lipinski definition) is 1. The first-order valence-corrected chi connectivity index (χ1v) is 5.03. The number of nitrogens with two attached hydrogens (primary N) is 1. The molecule has 0 saturated heterocycles. The van der Waals surface area contributed by atoms with Crippen LogP contribution in [0, 0.1) is 0 Å². The van der Waals surface area contributed by atoms with Crippen molar-refractivity contribution in [1.29, 1.82) is 0 Å². The summed E-state index contributed by atoms with van der Waals surface area (Å²) in [6.45, 7) is 0. The molecule has 1 aromatic carbocycles. The van der Waals surface area contributed by atoms with Gasteiger partial charge in [-0.1, -0.05) is 30.3 Å². The highest BCUT2D eigenvalue weighted by Crippen LogP contribution is 2.23. The van der Waals surface area contributed by atoms with E-state index in [1.165, 1.54) is 0 Å². The monoisotopic (exact) mass is 212 g/mol. The van der Waals surface area contributed by atoms with E-state index in [9.17, 15) is 4.79 Å². The fourth-order valence-corrected chi connectivity index (χ4v) is 1.72. The second-order valence-corrected chi connectivity index (χ2v) is 3.53. The van der Waals surface area contributed by atoms with E-state index < -0.39 is 5.92 Å². The van der Waals surface area contributed by atoms with Crippen molar-refractivity contribution in [1.82, 2.24) is 4.98 Å². The molecule has 1 aromatic heterocycles. The van der Waals surface area contributed by atoms with E-state index in [2.05, 4.69) is 4.98 Å². The van der Waals surface area contributed by atoms with Crippen LogP contribution in [0.15, 0.2) is 54.9 Å². The van der Waals surface area contributed by atoms with Gasteiger partial charge in [-0.3, -0.25) is 9.78 Å². The van der Waals surface area contributed by atoms with Crippen LogP contribution in [0.3, 0.4) is 0 Å². The van der Waals surface area contributed by atoms with Gasteiger partial charge in [-0.2, -0.15) is 0 Å². The zero-order valence-electron chi connectivity index (χ0n) is 8.71. The summed E-state index contributed by atoms with van der Waals surface area (Å²) in [5.41, 5.74) is 7.21. The Morgan fingerprint density at radius 3 is 2.12 bits per heavy atom. The van der Waals surface area contributed by atoms with Gasteiger partial charge in [0.05, 0.1) is 5.92 Å². The highest BCUT2D eigenvalue weighted by molar-refractivity contribution is 5.85. The van der Waals surface area contributed by atoms with Crippen molar-refractivity contribution >= 4 is 5.91 Å². The summed E-state index contributed by atoms with van der Waals surface area (Å²) in [4.78, 5) is 15.4. The van der Waals surface area contributed by atoms with Gasteiger partial charge in [-0.05, 0) is 23.3 Å². The number of pyridine rings is 1. The zero-order chi connectivity index (χ0) is 11.4. The van der Waals surface area contributed by atoms with Crippen LogP contribution in [-0.2, 0) is 4.79 Å². The number of rotatable bonds is 3. The van der Waals surface area contributed by atoms with Gasteiger partial charge in [0, 0.05) is 12.4 Å². The van der Waals surface area contributed by atoms with Gasteiger partial charge in [0.15, 0.2) is 0 Å². The van der Waals surface area contributed by atoms with Crippen LogP contribution in [0.1, 0.15) is 17.0 Å². The predicted molar refractivity (Wildman–Crippen MR) is 61.7 cm³/mol. The lowest BCUT2D eigenvalue weighted by atomic mass is 9.91. The average molecular weight is 212 g/mol. The van der Waals surface area contributed by atoms with Gasteiger partial charge in [0.25, 0.3) is 0 Å². The molecule has 1 heterocycles. The van der Waals surface area contributed by atoms with Crippen molar-refractivity contribution in [3.63, 3.8) is 0 Å². The van der Waals surface area contributed by atoms with Crippen molar-refractivity contribution in [2.45, 2.75) is 5.92 Å². The quantitative estimate of drug-likeness (QED) is 0.841. The molecule has 2 N–H and O–H groups in total. The molecule has 3 heteroatoms. The number of primary amides is 1. The fraction of sp³-hybridized carbons (Fsp3) is 0.0769. The number of hydrogen-bond acceptors (Lipinski definition) is 2. The van der Waals surface area contributed by atoms with Crippen molar-refractivity contribution in [3.05, 3.63) is 66.0 Å². The highest BCUT2D eigenvalue weighted by Gasteiger charge is 2.19. The molecule has 3 nitrogen and oxygen atoms in total. The highest BCUT2D eigenvalue weighted by atomic mass is 16.1. The normalized spacial score (nSPS) is 12.0. The summed E-state index contributed by atoms with van der Waals surface area (Å²) in [5.74, 6) is -0.749. The smallest absolute Gasteiger partial charge is 0.229 e. The molecular formula is C13H12N2O. The van der Waals surface area contributed by atoms with E-state index in [1.54, 1.807) is 12.4 Å². The molecule has 0 aliphatic rings. The number of amides is 1. The Hall–Kier alpha value is -2.16. The summed E-state index contributed by atoms with van der Waals surface area (Å²) >= 11 is 0. The van der Waals surface area contributed by atoms with Gasteiger partial charge < -0.3 is 5.73 Å². The average Bonchev–Trinajstić information content (AvgIpc) is 2.31. The van der Waals surface area contributed by atoms with E-state index in [4.69, 9.17) is 5.73 Å². The maximum atomic E-state index is 11.5. The fourth-order valence-electron chi connectivity index (χ4n) is 1.72. The number of carbonyl (C=O) groups excluding carboxylic acids is 1. The standard InChI is InChI=1S/C13H12N2O/c14-13(16)12(10-4-2-1-3-5-10)11-6-8-15-9-7-11/h1-9,12H,(H2,14,16). The Morgan fingerprint density at radius 1 is 1.00 bits per heavy atom. The van der Waals surface area contributed by atoms with E-state index in [-0.39, 0.29) is 5.91 Å². The number of carbonyl (C=O) groups is 1. The van der Waals surface area contributed by atoms with Gasteiger partial charge in [-0.25, -0.2) is 0 Å². The molecule has 1 amide bonds. The Labute approximate surface area is 93.9 Å². The van der Waals surface area contributed by atoms with Crippen molar-refractivity contribution in [3.8, 4) is 0 Å². The third-order valence-electron chi connectivity index (χ3n) is 2.46. The summed E-state index contributed by atoms with van der Waals surface area (Å²) in [6, 6.07) is 13.1. The molecule has 16 heavy (non-hydrogen) atoms. The molecule has 0 radical (unpaired) electrons. The number of benzene rings is 1. The second kappa shape index (κ2) is 4.57. The summed E-state index contributed by atoms with van der Waals surface area (Å²) in [5, 5.41) is 0. The largest absolute Gasteiger partial charge is 0.369 e. The van der Waals surface area contributed by atoms with Crippen molar-refractivity contribution in [2.24, 2.45) is 5.73 Å². The van der Waals surface area contributed by atoms with E-state index in [0.717, 1.165) is 11.1 Å². The van der Waals surface area contributed by atoms with Gasteiger partial charge in [0.2, 0.25) is 5.91 Å². The molecule has 1 unspecified atom stereocenters. The van der Waals surface area contributed by atoms with Gasteiger partial charge in [0.1, 0.15) is 0 Å². The van der Waals surface area contributed by atoms with Crippen molar-refractivity contribution < 1.29 is 4.79 Å². The zero-order valence-corrected chi connectivity index (χ0v) is 8.71. The maximum absolute atomic E-state index is 11.5. The maximum Gasteiger partial charge on any atom is 0.229 e. The Morgan fingerprint density at radius 2 is 1.56 bits per heavy atom. The molecule has 0 aliphatic heterocycles. The lowest BCUT2D eigenvalue weighted by molar-refractivity contribution is -0.118. The minimum Gasteiger partial charge on any atom is -0.369 e. The van der Waals surface area contributed by atoms with Crippen LogP contribution >= 0.6 is 0 Å². The van der Waals surface area contributed by atoms with Crippen LogP contribution < -0.4 is 5.73 Å². The van der Waals surface area contributed by atoms with Crippen LogP contribution in [0.25, 0.3) is 0 Å². The summed E-state index contributed by atoms with van der Waals surface area (Å²) in [7, 11) is 0. The molecule has 1 atom stereocenters. The second-order valence-electron chi connectivity index (χ2n) is 3.53. The van der Waals surface area contributed by atoms with Gasteiger partial charge >= 0.3 is 0 Å². The van der Waals surface area contributed by atoms with E-state index in [0.29, 0.717) is 0 Å². The molecule has 0 aliphatic carbocycles. The molecule has 0 fully saturated rings. The molecule has 0 bridgehead atoms. The Bertz CT molecular complexity index is 428. The third-order valence-corrected chi connectivity index (χ3v) is 2.46. The van der Waals surface area contributed by atoms with Crippen LogP contribution in [0.5, 0.6) is 0 Å². The minimum atomic E-state index is -0.399. The molecule has 2 aromatic rings. The Kier molecular flexibility index (Phi) is 2.96. The van der Waals surface area contributed by atoms with Gasteiger partial charge in [-0.15, -0.1) is 0 Å². The van der Waals surface area contributed by atoms with Crippen molar-refractivity contribution in [2.75, 3.05) is 0 Å². The minimum absolute atomic E-state index is 0.350. The van der Waals surface area contributed by atoms with Crippen LogP contribution in [0.2, 0.25) is 0 Å². The van der Waals surface area contributed by atoms with E-state index >= 15 is 0 Å². The molecule has 0 saturated carbocycles. The van der Waals surface area contributed by atoms with E-state index in [1.807, 2.05) is 42.5 Å². The number of aromatic nitrogens is 1. The lowest BCUT2D eigenvalue weighted by Gasteiger charge is -2.13. The summed E-state index contributed by atoms with van der Waals surface area (Å²) in [6.07, 6.45) is 3.32. The third kappa shape index (κ3) is 2.08. The number of nitrogens with zero attached hydrogens (tertiary/aromatic N) is 1. The first-order chi connectivity index (χ1) is 7.79. The Balaban J connectivity index is 2.44. The predicted octanol–water partition coefficient (Wildman–Crippen LogP) is 1.70. The SMILES string of the molecule is NC(=O)C(c1ccccc1)c1ccncc1. The molecular weight excluding hydrogens is 200 g/mol. The topological polar surface area (TPSA) is 56.0 Å². The van der Waals surface area contributed by atoms with Crippen LogP contribution in [-0.4, -0.2) is 10.9 Å². The summed E-state index contributed by atoms with van der Waals surface area (Å²) < 4.78 is 0. The first kappa shape index (κ1) is 10.4.